The van der Waals surface area contributed by atoms with Crippen LogP contribution in [0.3, 0.4) is 0 Å². The molecule has 0 spiro atoms. The molecule has 3 nitrogen and oxygen atoms in total. The molecule has 0 bridgehead atoms. The molecule has 0 heterocycles. The van der Waals surface area contributed by atoms with E-state index in [9.17, 15) is 0 Å². The van der Waals surface area contributed by atoms with Gasteiger partial charge in [-0.05, 0) is 0 Å². The predicted molar refractivity (Wildman–Crippen MR) is 21.6 cm³/mol. The number of hydrogen-bond donors (Lipinski definition) is 3. The molecule has 0 saturated carbocycles. The molecular formula is H5MgO3P. The summed E-state index contributed by atoms with van der Waals surface area (Å²) in [6, 6.07) is 0. The minimum absolute atomic E-state index is 0. The van der Waals surface area contributed by atoms with E-state index >= 15 is 0 Å². The van der Waals surface area contributed by atoms with Gasteiger partial charge in [0, 0.05) is 0 Å². The molecule has 0 rings (SSSR count). The van der Waals surface area contributed by atoms with E-state index in [1.165, 1.54) is 0 Å². The Hall–Kier alpha value is 1.08. The van der Waals surface area contributed by atoms with Crippen LogP contribution in [0, 0.1) is 0 Å². The van der Waals surface area contributed by atoms with E-state index in [0.717, 1.165) is 0 Å². The van der Waals surface area contributed by atoms with Gasteiger partial charge in [0.15, 0.2) is 0 Å². The van der Waals surface area contributed by atoms with Gasteiger partial charge in [0.2, 0.25) is 0 Å². The van der Waals surface area contributed by atoms with E-state index in [-0.39, 0.29) is 25.9 Å². The maximum Gasteiger partial charge on any atom is 2.00 e. The zero-order valence-electron chi connectivity index (χ0n) is 4.50. The largest absolute Gasteiger partial charge is 2.00 e. The summed E-state index contributed by atoms with van der Waals surface area (Å²) in [4.78, 5) is 21.7. The maximum absolute atomic E-state index is 7.23. The van der Waals surface area contributed by atoms with Gasteiger partial charge in [-0.25, -0.2) is 0 Å². The first kappa shape index (κ1) is 9.42. The molecule has 30 valence electrons. The molecule has 0 atom stereocenters. The van der Waals surface area contributed by atoms with Crippen LogP contribution in [0.1, 0.15) is 2.85 Å². The Kier molecular flexibility index (Phi) is 9.57. The van der Waals surface area contributed by atoms with Gasteiger partial charge >= 0.3 is 31.7 Å². The molecule has 0 aliphatic carbocycles. The molecule has 0 saturated heterocycles. The second kappa shape index (κ2) is 5.08. The summed E-state index contributed by atoms with van der Waals surface area (Å²) < 4.78 is 0. The standard InChI is InChI=1S/Mg.H3O3P.2H/c;1-4(2)3;;/h;1-3H;;/q+2;;2*-1. The Balaban J connectivity index is -0.0000000150. The monoisotopic (exact) mass is 108 g/mol. The topological polar surface area (TPSA) is 60.7 Å². The smallest absolute Gasteiger partial charge is 1.00 e. The number of rotatable bonds is 0. The fourth-order valence-corrected chi connectivity index (χ4v) is 0. The first-order valence-corrected chi connectivity index (χ1v) is 1.80. The minimum atomic E-state index is -2.62. The maximum atomic E-state index is 7.23. The zero-order valence-corrected chi connectivity index (χ0v) is 4.80. The summed E-state index contributed by atoms with van der Waals surface area (Å²) >= 11 is 0. The molecule has 0 aromatic rings. The second-order valence-electron chi connectivity index (χ2n) is 0.268. The second-order valence-corrected chi connectivity index (χ2v) is 0.805. The molecule has 0 fully saturated rings. The van der Waals surface area contributed by atoms with Crippen molar-refractivity contribution in [1.29, 1.82) is 0 Å². The van der Waals surface area contributed by atoms with Crippen LogP contribution in [0.15, 0.2) is 0 Å². The average Bonchev–Trinajstić information content (AvgIpc) is 0.811. The Bertz CT molecular complexity index is 17.7. The van der Waals surface area contributed by atoms with E-state index in [4.69, 9.17) is 14.7 Å². The van der Waals surface area contributed by atoms with Gasteiger partial charge in [0.1, 0.15) is 0 Å². The van der Waals surface area contributed by atoms with Crippen molar-refractivity contribution in [3.8, 4) is 0 Å². The van der Waals surface area contributed by atoms with Gasteiger partial charge in [-0.3, -0.25) is 0 Å². The predicted octanol–water partition coefficient (Wildman–Crippen LogP) is -0.966. The quantitative estimate of drug-likeness (QED) is 0.276. The van der Waals surface area contributed by atoms with Gasteiger partial charge in [-0.15, -0.1) is 0 Å². The van der Waals surface area contributed by atoms with Crippen LogP contribution in [0.25, 0.3) is 0 Å². The van der Waals surface area contributed by atoms with Crippen molar-refractivity contribution in [2.75, 3.05) is 0 Å². The fourth-order valence-electron chi connectivity index (χ4n) is 0. The van der Waals surface area contributed by atoms with Crippen LogP contribution in [0.4, 0.5) is 0 Å². The van der Waals surface area contributed by atoms with Crippen LogP contribution in [0.2, 0.25) is 0 Å². The molecule has 0 aliphatic rings. The van der Waals surface area contributed by atoms with E-state index in [1.54, 1.807) is 0 Å². The van der Waals surface area contributed by atoms with E-state index < -0.39 is 8.60 Å². The van der Waals surface area contributed by atoms with Crippen molar-refractivity contribution in [3.63, 3.8) is 0 Å². The molecule has 0 aromatic carbocycles. The van der Waals surface area contributed by atoms with E-state index in [0.29, 0.717) is 0 Å². The van der Waals surface area contributed by atoms with Crippen molar-refractivity contribution in [1.82, 2.24) is 0 Å². The molecule has 0 radical (unpaired) electrons. The molecule has 5 heteroatoms. The van der Waals surface area contributed by atoms with Crippen molar-refractivity contribution in [2.45, 2.75) is 0 Å². The molecular weight excluding hydrogens is 103 g/mol. The van der Waals surface area contributed by atoms with Gasteiger partial charge < -0.3 is 17.5 Å². The summed E-state index contributed by atoms with van der Waals surface area (Å²) in [6.07, 6.45) is 0. The first-order chi connectivity index (χ1) is 1.73. The van der Waals surface area contributed by atoms with E-state index in [2.05, 4.69) is 0 Å². The average molecular weight is 108 g/mol. The molecule has 0 aromatic heterocycles. The molecule has 0 aliphatic heterocycles. The molecule has 0 unspecified atom stereocenters. The molecule has 3 N–H and O–H groups in total. The fraction of sp³-hybridized carbons (Fsp3) is 0. The zero-order chi connectivity index (χ0) is 3.58. The Morgan fingerprint density at radius 2 is 1.20 bits per heavy atom. The third kappa shape index (κ3) is 41.5. The van der Waals surface area contributed by atoms with Crippen molar-refractivity contribution < 1.29 is 17.5 Å². The third-order valence-corrected chi connectivity index (χ3v) is 0. The number of hydrogen-bond acceptors (Lipinski definition) is 3. The minimum Gasteiger partial charge on any atom is -1.00 e. The van der Waals surface area contributed by atoms with Crippen molar-refractivity contribution in [3.05, 3.63) is 0 Å². The van der Waals surface area contributed by atoms with Crippen LogP contribution in [-0.2, 0) is 0 Å². The van der Waals surface area contributed by atoms with Crippen LogP contribution in [0.5, 0.6) is 0 Å². The van der Waals surface area contributed by atoms with Gasteiger partial charge in [-0.1, -0.05) is 0 Å². The van der Waals surface area contributed by atoms with Crippen molar-refractivity contribution >= 4 is 31.7 Å². The third-order valence-electron chi connectivity index (χ3n) is 0. The summed E-state index contributed by atoms with van der Waals surface area (Å²) in [5.41, 5.74) is 0. The SMILES string of the molecule is OP(O)O.[H-].[H-].[Mg+2]. The van der Waals surface area contributed by atoms with Crippen LogP contribution < -0.4 is 0 Å². The summed E-state index contributed by atoms with van der Waals surface area (Å²) in [6.45, 7) is 0. The Morgan fingerprint density at radius 1 is 1.20 bits per heavy atom. The molecule has 5 heavy (non-hydrogen) atoms. The van der Waals surface area contributed by atoms with Gasteiger partial charge in [-0.2, -0.15) is 0 Å². The van der Waals surface area contributed by atoms with Gasteiger partial charge in [0.05, 0.1) is 0 Å². The van der Waals surface area contributed by atoms with Crippen molar-refractivity contribution in [2.24, 2.45) is 0 Å². The van der Waals surface area contributed by atoms with Crippen LogP contribution >= 0.6 is 8.60 Å². The summed E-state index contributed by atoms with van der Waals surface area (Å²) in [5.74, 6) is 0. The molecule has 0 amide bonds. The van der Waals surface area contributed by atoms with Gasteiger partial charge in [0.25, 0.3) is 0 Å². The Labute approximate surface area is 49.8 Å². The summed E-state index contributed by atoms with van der Waals surface area (Å²) in [5, 5.41) is 0. The Morgan fingerprint density at radius 3 is 1.20 bits per heavy atom. The van der Waals surface area contributed by atoms with Crippen LogP contribution in [-0.4, -0.2) is 37.7 Å². The normalized spacial score (nSPS) is 7.20. The summed E-state index contributed by atoms with van der Waals surface area (Å²) in [7, 11) is -2.62. The van der Waals surface area contributed by atoms with E-state index in [1.807, 2.05) is 0 Å². The first-order valence-electron chi connectivity index (χ1n) is 0.600.